The van der Waals surface area contributed by atoms with Crippen LogP contribution in [0, 0.1) is 0 Å². The van der Waals surface area contributed by atoms with E-state index in [4.69, 9.17) is 22.2 Å². The van der Waals surface area contributed by atoms with Gasteiger partial charge in [0.15, 0.2) is 11.0 Å². The lowest BCUT2D eigenvalue weighted by molar-refractivity contribution is 0.415. The van der Waals surface area contributed by atoms with Gasteiger partial charge in [0.25, 0.3) is 0 Å². The Morgan fingerprint density at radius 2 is 1.94 bits per heavy atom. The number of hydrazine groups is 1. The molecule has 2 rings (SSSR count). The van der Waals surface area contributed by atoms with Crippen LogP contribution in [0.1, 0.15) is 0 Å². The molecule has 1 heterocycles. The smallest absolute Gasteiger partial charge is 0.175 e. The molecule has 0 aliphatic heterocycles. The zero-order chi connectivity index (χ0) is 13.0. The monoisotopic (exact) mass is 265 g/mol. The Hall–Kier alpha value is -2.05. The Morgan fingerprint density at radius 3 is 2.56 bits per heavy atom. The number of rotatable bonds is 4. The molecule has 0 fully saturated rings. The van der Waals surface area contributed by atoms with E-state index in [0.717, 1.165) is 11.4 Å². The normalized spacial score (nSPS) is 9.94. The van der Waals surface area contributed by atoms with Crippen molar-refractivity contribution >= 4 is 28.8 Å². The predicted molar refractivity (Wildman–Crippen MR) is 71.1 cm³/mol. The van der Waals surface area contributed by atoms with Crippen LogP contribution in [0.5, 0.6) is 5.75 Å². The largest absolute Gasteiger partial charge is 0.497 e. The van der Waals surface area contributed by atoms with E-state index in [1.807, 2.05) is 24.3 Å². The third-order valence-corrected chi connectivity index (χ3v) is 2.54. The molecule has 7 heteroatoms. The van der Waals surface area contributed by atoms with Crippen molar-refractivity contribution in [1.29, 1.82) is 0 Å². The lowest BCUT2D eigenvalue weighted by Gasteiger charge is -2.09. The Bertz CT molecular complexity index is 531. The molecule has 0 aliphatic rings. The van der Waals surface area contributed by atoms with Crippen molar-refractivity contribution in [2.75, 3.05) is 17.9 Å². The van der Waals surface area contributed by atoms with Crippen LogP contribution in [-0.2, 0) is 0 Å². The molecule has 0 radical (unpaired) electrons. The Balaban J connectivity index is 2.21. The summed E-state index contributed by atoms with van der Waals surface area (Å²) in [5.74, 6) is 6.47. The number of benzene rings is 1. The second-order valence-electron chi connectivity index (χ2n) is 3.43. The molecule has 94 valence electrons. The molecule has 1 aromatic heterocycles. The third-order valence-electron chi connectivity index (χ3n) is 2.27. The Labute approximate surface area is 109 Å². The number of hydrogen-bond acceptors (Lipinski definition) is 6. The van der Waals surface area contributed by atoms with Crippen molar-refractivity contribution in [3.05, 3.63) is 35.5 Å². The van der Waals surface area contributed by atoms with Gasteiger partial charge in [-0.1, -0.05) is 11.6 Å². The van der Waals surface area contributed by atoms with Gasteiger partial charge in [0.2, 0.25) is 0 Å². The fourth-order valence-electron chi connectivity index (χ4n) is 1.36. The van der Waals surface area contributed by atoms with Crippen LogP contribution in [0.4, 0.5) is 17.2 Å². The van der Waals surface area contributed by atoms with Crippen LogP contribution >= 0.6 is 11.6 Å². The molecule has 1 aromatic carbocycles. The summed E-state index contributed by atoms with van der Waals surface area (Å²) < 4.78 is 5.08. The van der Waals surface area contributed by atoms with Gasteiger partial charge in [-0.05, 0) is 24.3 Å². The number of aromatic nitrogens is 2. The predicted octanol–water partition coefficient (Wildman–Crippen LogP) is 2.17. The fourth-order valence-corrected chi connectivity index (χ4v) is 1.50. The van der Waals surface area contributed by atoms with Gasteiger partial charge in [-0.3, -0.25) is 0 Å². The molecule has 2 aromatic rings. The summed E-state index contributed by atoms with van der Waals surface area (Å²) in [6, 6.07) is 9.08. The van der Waals surface area contributed by atoms with Crippen molar-refractivity contribution < 1.29 is 4.74 Å². The first-order valence-corrected chi connectivity index (χ1v) is 5.51. The van der Waals surface area contributed by atoms with Gasteiger partial charge in [-0.2, -0.15) is 0 Å². The molecule has 0 bridgehead atoms. The molecule has 0 aliphatic carbocycles. The zero-order valence-electron chi connectivity index (χ0n) is 9.64. The van der Waals surface area contributed by atoms with E-state index in [1.165, 1.54) is 0 Å². The summed E-state index contributed by atoms with van der Waals surface area (Å²) >= 11 is 5.93. The van der Waals surface area contributed by atoms with Gasteiger partial charge in [-0.15, -0.1) is 10.2 Å². The first kappa shape index (κ1) is 12.4. The molecule has 6 nitrogen and oxygen atoms in total. The highest BCUT2D eigenvalue weighted by molar-refractivity contribution is 6.32. The molecule has 0 spiro atoms. The molecule has 0 amide bonds. The highest BCUT2D eigenvalue weighted by Crippen LogP contribution is 2.25. The van der Waals surface area contributed by atoms with E-state index in [-0.39, 0.29) is 5.15 Å². The molecule has 4 N–H and O–H groups in total. The summed E-state index contributed by atoms with van der Waals surface area (Å²) in [6.07, 6.45) is 0. The number of methoxy groups -OCH3 is 1. The van der Waals surface area contributed by atoms with Crippen molar-refractivity contribution in [2.24, 2.45) is 5.84 Å². The molecule has 0 saturated heterocycles. The number of nitrogens with two attached hydrogens (primary N) is 1. The van der Waals surface area contributed by atoms with Crippen LogP contribution < -0.4 is 21.3 Å². The van der Waals surface area contributed by atoms with E-state index in [2.05, 4.69) is 20.9 Å². The second kappa shape index (κ2) is 5.52. The topological polar surface area (TPSA) is 85.1 Å². The van der Waals surface area contributed by atoms with Gasteiger partial charge < -0.3 is 15.5 Å². The van der Waals surface area contributed by atoms with E-state index in [9.17, 15) is 0 Å². The van der Waals surface area contributed by atoms with Crippen molar-refractivity contribution in [3.63, 3.8) is 0 Å². The van der Waals surface area contributed by atoms with Crippen LogP contribution in [0.15, 0.2) is 30.3 Å². The first-order valence-electron chi connectivity index (χ1n) is 5.14. The highest BCUT2D eigenvalue weighted by atomic mass is 35.5. The van der Waals surface area contributed by atoms with Crippen LogP contribution in [0.2, 0.25) is 5.15 Å². The van der Waals surface area contributed by atoms with Crippen LogP contribution in [0.25, 0.3) is 0 Å². The zero-order valence-corrected chi connectivity index (χ0v) is 10.4. The summed E-state index contributed by atoms with van der Waals surface area (Å²) in [7, 11) is 1.62. The maximum Gasteiger partial charge on any atom is 0.175 e. The molecular weight excluding hydrogens is 254 g/mol. The summed E-state index contributed by atoms with van der Waals surface area (Å²) in [6.45, 7) is 0. The SMILES string of the molecule is COc1ccc(Nc2cc(NN)nnc2Cl)cc1. The standard InChI is InChI=1S/C11H12ClN5O/c1-18-8-4-2-7(3-5-8)14-9-6-10(15-13)16-17-11(9)12/h2-6H,13H2,1H3,(H2,14,15,16). The van der Waals surface area contributed by atoms with Gasteiger partial charge in [0.05, 0.1) is 12.8 Å². The second-order valence-corrected chi connectivity index (χ2v) is 3.79. The van der Waals surface area contributed by atoms with Crippen LogP contribution in [-0.4, -0.2) is 17.3 Å². The Morgan fingerprint density at radius 1 is 1.22 bits per heavy atom. The average Bonchev–Trinajstić information content (AvgIpc) is 2.42. The van der Waals surface area contributed by atoms with E-state index in [0.29, 0.717) is 11.5 Å². The van der Waals surface area contributed by atoms with Gasteiger partial charge >= 0.3 is 0 Å². The molecule has 18 heavy (non-hydrogen) atoms. The molecule has 0 saturated carbocycles. The summed E-state index contributed by atoms with van der Waals surface area (Å²) in [5.41, 5.74) is 3.88. The molecule has 0 atom stereocenters. The highest BCUT2D eigenvalue weighted by Gasteiger charge is 2.05. The lowest BCUT2D eigenvalue weighted by atomic mass is 10.3. The van der Waals surface area contributed by atoms with E-state index < -0.39 is 0 Å². The minimum Gasteiger partial charge on any atom is -0.497 e. The first-order chi connectivity index (χ1) is 8.72. The maximum absolute atomic E-state index is 5.93. The minimum atomic E-state index is 0.268. The number of halogens is 1. The number of nitrogens with zero attached hydrogens (tertiary/aromatic N) is 2. The van der Waals surface area contributed by atoms with Gasteiger partial charge in [0.1, 0.15) is 5.75 Å². The van der Waals surface area contributed by atoms with E-state index >= 15 is 0 Å². The van der Waals surface area contributed by atoms with Crippen LogP contribution in [0.3, 0.4) is 0 Å². The number of hydrogen-bond donors (Lipinski definition) is 3. The number of ether oxygens (including phenoxy) is 1. The minimum absolute atomic E-state index is 0.268. The van der Waals surface area contributed by atoms with E-state index in [1.54, 1.807) is 13.2 Å². The van der Waals surface area contributed by atoms with Crippen molar-refractivity contribution in [3.8, 4) is 5.75 Å². The summed E-state index contributed by atoms with van der Waals surface area (Å²) in [4.78, 5) is 0. The van der Waals surface area contributed by atoms with Gasteiger partial charge in [-0.25, -0.2) is 5.84 Å². The quantitative estimate of drug-likeness (QED) is 0.580. The van der Waals surface area contributed by atoms with Crippen molar-refractivity contribution in [1.82, 2.24) is 10.2 Å². The number of nitrogen functional groups attached to an aromatic ring is 1. The van der Waals surface area contributed by atoms with Crippen molar-refractivity contribution in [2.45, 2.75) is 0 Å². The molecular formula is C11H12ClN5O. The lowest BCUT2D eigenvalue weighted by Crippen LogP contribution is -2.09. The molecule has 0 unspecified atom stereocenters. The number of anilines is 3. The Kier molecular flexibility index (Phi) is 3.81. The summed E-state index contributed by atoms with van der Waals surface area (Å²) in [5, 5.41) is 10.9. The van der Waals surface area contributed by atoms with Gasteiger partial charge in [0, 0.05) is 11.8 Å². The fraction of sp³-hybridized carbons (Fsp3) is 0.0909. The number of nitrogens with one attached hydrogen (secondary N) is 2. The average molecular weight is 266 g/mol. The third kappa shape index (κ3) is 2.79. The maximum atomic E-state index is 5.93.